The van der Waals surface area contributed by atoms with Crippen molar-refractivity contribution < 1.29 is 9.90 Å². The summed E-state index contributed by atoms with van der Waals surface area (Å²) in [6.07, 6.45) is 2.92. The van der Waals surface area contributed by atoms with E-state index in [4.69, 9.17) is 0 Å². The summed E-state index contributed by atoms with van der Waals surface area (Å²) < 4.78 is 0. The van der Waals surface area contributed by atoms with Crippen molar-refractivity contribution in [1.82, 2.24) is 0 Å². The van der Waals surface area contributed by atoms with Gasteiger partial charge in [0.25, 0.3) is 0 Å². The highest BCUT2D eigenvalue weighted by Gasteiger charge is 2.33. The number of benzene rings is 1. The number of hydrogen-bond donors (Lipinski definition) is 1. The van der Waals surface area contributed by atoms with E-state index in [1.54, 1.807) is 0 Å². The summed E-state index contributed by atoms with van der Waals surface area (Å²) in [5, 5.41) is 9.63. The lowest BCUT2D eigenvalue weighted by Crippen LogP contribution is -2.32. The van der Waals surface area contributed by atoms with Crippen molar-refractivity contribution in [3.8, 4) is 0 Å². The molecule has 2 nitrogen and oxygen atoms in total. The molecule has 110 valence electrons. The summed E-state index contributed by atoms with van der Waals surface area (Å²) in [6, 6.07) is 6.60. The number of aryl methyl sites for hydroxylation is 2. The molecule has 1 fully saturated rings. The number of thioether (sulfide) groups is 1. The number of carbonyl (C=O) groups is 1. The molecule has 0 spiro atoms. The first-order valence-corrected chi connectivity index (χ1v) is 8.42. The summed E-state index contributed by atoms with van der Waals surface area (Å²) >= 11 is 1.83. The summed E-state index contributed by atoms with van der Waals surface area (Å²) in [6.45, 7) is 6.47. The Morgan fingerprint density at radius 3 is 2.50 bits per heavy atom. The summed E-state index contributed by atoms with van der Waals surface area (Å²) in [5.41, 5.74) is 3.88. The SMILES string of the molecule is Cc1cc(C)cc(CSC2CC(C)CCC2C(=O)O)c1. The largest absolute Gasteiger partial charge is 0.481 e. The fourth-order valence-corrected chi connectivity index (χ4v) is 4.67. The van der Waals surface area contributed by atoms with Crippen molar-refractivity contribution >= 4 is 17.7 Å². The number of rotatable bonds is 4. The molecule has 0 aromatic heterocycles. The second kappa shape index (κ2) is 6.66. The highest BCUT2D eigenvalue weighted by Crippen LogP contribution is 2.38. The molecule has 2 rings (SSSR count). The fraction of sp³-hybridized carbons (Fsp3) is 0.588. The molecular weight excluding hydrogens is 268 g/mol. The third kappa shape index (κ3) is 4.02. The third-order valence-corrected chi connectivity index (χ3v) is 5.57. The van der Waals surface area contributed by atoms with Crippen LogP contribution in [0.25, 0.3) is 0 Å². The van der Waals surface area contributed by atoms with Crippen LogP contribution in [0, 0.1) is 25.7 Å². The minimum atomic E-state index is -0.616. The maximum absolute atomic E-state index is 11.4. The van der Waals surface area contributed by atoms with Crippen LogP contribution in [0.4, 0.5) is 0 Å². The van der Waals surface area contributed by atoms with Gasteiger partial charge in [0.1, 0.15) is 0 Å². The molecule has 0 heterocycles. The van der Waals surface area contributed by atoms with Crippen LogP contribution in [0.3, 0.4) is 0 Å². The standard InChI is InChI=1S/C17H24O2S/c1-11-4-5-15(17(18)19)16(9-11)20-10-14-7-12(2)6-13(3)8-14/h6-8,11,15-16H,4-5,9-10H2,1-3H3,(H,18,19). The Hall–Kier alpha value is -0.960. The molecule has 0 saturated heterocycles. The van der Waals surface area contributed by atoms with E-state index in [9.17, 15) is 9.90 Å². The molecule has 20 heavy (non-hydrogen) atoms. The van der Waals surface area contributed by atoms with Gasteiger partial charge in [-0.1, -0.05) is 36.2 Å². The Morgan fingerprint density at radius 2 is 1.90 bits per heavy atom. The molecule has 1 aromatic carbocycles. The van der Waals surface area contributed by atoms with Crippen molar-refractivity contribution in [3.05, 3.63) is 34.9 Å². The highest BCUT2D eigenvalue weighted by molar-refractivity contribution is 7.99. The molecule has 3 atom stereocenters. The lowest BCUT2D eigenvalue weighted by molar-refractivity contribution is -0.142. The van der Waals surface area contributed by atoms with Gasteiger partial charge in [-0.3, -0.25) is 4.79 Å². The van der Waals surface area contributed by atoms with E-state index < -0.39 is 5.97 Å². The van der Waals surface area contributed by atoms with Gasteiger partial charge < -0.3 is 5.11 Å². The van der Waals surface area contributed by atoms with Gasteiger partial charge in [-0.15, -0.1) is 0 Å². The van der Waals surface area contributed by atoms with E-state index in [1.807, 2.05) is 11.8 Å². The maximum Gasteiger partial charge on any atom is 0.307 e. The Balaban J connectivity index is 2.01. The minimum Gasteiger partial charge on any atom is -0.481 e. The first-order chi connectivity index (χ1) is 9.45. The van der Waals surface area contributed by atoms with Crippen LogP contribution in [-0.2, 0) is 10.5 Å². The molecule has 1 saturated carbocycles. The van der Waals surface area contributed by atoms with Crippen molar-refractivity contribution in [2.45, 2.75) is 51.0 Å². The number of carboxylic acid groups (broad SMARTS) is 1. The molecule has 1 aliphatic rings. The summed E-state index contributed by atoms with van der Waals surface area (Å²) in [7, 11) is 0. The Labute approximate surface area is 126 Å². The van der Waals surface area contributed by atoms with Crippen LogP contribution >= 0.6 is 11.8 Å². The molecule has 1 aromatic rings. The third-order valence-electron chi connectivity index (χ3n) is 4.12. The second-order valence-corrected chi connectivity index (χ2v) is 7.44. The van der Waals surface area contributed by atoms with Crippen LogP contribution in [0.2, 0.25) is 0 Å². The van der Waals surface area contributed by atoms with Gasteiger partial charge in [0.05, 0.1) is 5.92 Å². The van der Waals surface area contributed by atoms with Crippen molar-refractivity contribution in [2.75, 3.05) is 0 Å². The van der Waals surface area contributed by atoms with E-state index in [-0.39, 0.29) is 11.2 Å². The van der Waals surface area contributed by atoms with Crippen LogP contribution in [-0.4, -0.2) is 16.3 Å². The Bertz CT molecular complexity index is 464. The first-order valence-electron chi connectivity index (χ1n) is 7.37. The average molecular weight is 292 g/mol. The molecule has 1 aliphatic carbocycles. The minimum absolute atomic E-state index is 0.165. The highest BCUT2D eigenvalue weighted by atomic mass is 32.2. The average Bonchev–Trinajstić information content (AvgIpc) is 2.35. The fourth-order valence-electron chi connectivity index (χ4n) is 3.15. The number of aliphatic carboxylic acids is 1. The van der Waals surface area contributed by atoms with Gasteiger partial charge in [0.2, 0.25) is 0 Å². The smallest absolute Gasteiger partial charge is 0.307 e. The lowest BCUT2D eigenvalue weighted by atomic mass is 9.82. The van der Waals surface area contributed by atoms with E-state index in [0.29, 0.717) is 5.92 Å². The number of carboxylic acids is 1. The van der Waals surface area contributed by atoms with Gasteiger partial charge in [0.15, 0.2) is 0 Å². The first kappa shape index (κ1) is 15.4. The quantitative estimate of drug-likeness (QED) is 0.892. The molecule has 1 N–H and O–H groups in total. The van der Waals surface area contributed by atoms with Crippen LogP contribution < -0.4 is 0 Å². The molecule has 0 amide bonds. The van der Waals surface area contributed by atoms with Gasteiger partial charge in [-0.25, -0.2) is 0 Å². The molecule has 0 aliphatic heterocycles. The normalized spacial score (nSPS) is 26.4. The van der Waals surface area contributed by atoms with Gasteiger partial charge in [-0.2, -0.15) is 11.8 Å². The van der Waals surface area contributed by atoms with Crippen LogP contribution in [0.5, 0.6) is 0 Å². The summed E-state index contributed by atoms with van der Waals surface area (Å²) in [5.74, 6) is 0.795. The van der Waals surface area contributed by atoms with Gasteiger partial charge >= 0.3 is 5.97 Å². The van der Waals surface area contributed by atoms with Crippen molar-refractivity contribution in [1.29, 1.82) is 0 Å². The summed E-state index contributed by atoms with van der Waals surface area (Å²) in [4.78, 5) is 11.4. The van der Waals surface area contributed by atoms with Crippen molar-refractivity contribution in [3.63, 3.8) is 0 Å². The van der Waals surface area contributed by atoms with Crippen LogP contribution in [0.1, 0.15) is 42.9 Å². The molecule has 0 radical (unpaired) electrons. The zero-order chi connectivity index (χ0) is 14.7. The molecule has 0 bridgehead atoms. The Morgan fingerprint density at radius 1 is 1.25 bits per heavy atom. The maximum atomic E-state index is 11.4. The zero-order valence-electron chi connectivity index (χ0n) is 12.6. The van der Waals surface area contributed by atoms with E-state index in [2.05, 4.69) is 39.0 Å². The molecule has 3 unspecified atom stereocenters. The predicted molar refractivity (Wildman–Crippen MR) is 85.1 cm³/mol. The van der Waals surface area contributed by atoms with Gasteiger partial charge in [0, 0.05) is 11.0 Å². The second-order valence-electron chi connectivity index (χ2n) is 6.21. The molecular formula is C17H24O2S. The van der Waals surface area contributed by atoms with E-state index in [0.717, 1.165) is 25.0 Å². The number of hydrogen-bond acceptors (Lipinski definition) is 2. The molecule has 3 heteroatoms. The Kier molecular flexibility index (Phi) is 5.14. The van der Waals surface area contributed by atoms with Crippen molar-refractivity contribution in [2.24, 2.45) is 11.8 Å². The van der Waals surface area contributed by atoms with E-state index >= 15 is 0 Å². The lowest BCUT2D eigenvalue weighted by Gasteiger charge is -2.32. The zero-order valence-corrected chi connectivity index (χ0v) is 13.4. The topological polar surface area (TPSA) is 37.3 Å². The van der Waals surface area contributed by atoms with E-state index in [1.165, 1.54) is 16.7 Å². The predicted octanol–water partition coefficient (Wildman–Crippen LogP) is 4.43. The monoisotopic (exact) mass is 292 g/mol. The van der Waals surface area contributed by atoms with Gasteiger partial charge in [-0.05, 0) is 44.6 Å². The van der Waals surface area contributed by atoms with Crippen LogP contribution in [0.15, 0.2) is 18.2 Å².